The molecule has 3 fully saturated rings. The van der Waals surface area contributed by atoms with E-state index in [9.17, 15) is 39.5 Å². The maximum absolute atomic E-state index is 14.7. The molecule has 3 rings (SSSR count). The van der Waals surface area contributed by atoms with Crippen LogP contribution in [0, 0.1) is 17.8 Å². The SMILES string of the molecule is FC1CC(OC(F)(F)C2C(F)CC(C3CCCCC3)CC2F)CC(F)C1OC(F)(F)F. The van der Waals surface area contributed by atoms with E-state index in [1.165, 1.54) is 0 Å². The number of alkyl halides is 9. The smallest absolute Gasteiger partial charge is 0.317 e. The summed E-state index contributed by atoms with van der Waals surface area (Å²) in [7, 11) is 0. The van der Waals surface area contributed by atoms with Gasteiger partial charge in [0.05, 0.1) is 6.10 Å². The van der Waals surface area contributed by atoms with Crippen LogP contribution in [0.3, 0.4) is 0 Å². The monoisotopic (exact) mass is 470 g/mol. The number of halogens is 9. The van der Waals surface area contributed by atoms with Gasteiger partial charge < -0.3 is 4.74 Å². The van der Waals surface area contributed by atoms with E-state index in [-0.39, 0.29) is 24.7 Å². The van der Waals surface area contributed by atoms with Crippen molar-refractivity contribution >= 4 is 0 Å². The van der Waals surface area contributed by atoms with Crippen LogP contribution in [0.1, 0.15) is 57.8 Å². The summed E-state index contributed by atoms with van der Waals surface area (Å²) in [5.41, 5.74) is 0. The summed E-state index contributed by atoms with van der Waals surface area (Å²) in [5.74, 6) is -2.69. The van der Waals surface area contributed by atoms with E-state index in [0.29, 0.717) is 0 Å². The standard InChI is InChI=1S/C20H27F9O2/c21-13-6-11(10-4-2-1-3-5-10)7-14(22)17(13)19(25,26)30-12-8-15(23)18(16(24)9-12)31-20(27,28)29/h10-18H,1-9H2. The Labute approximate surface area is 174 Å². The summed E-state index contributed by atoms with van der Waals surface area (Å²) in [6, 6.07) is 0. The second-order valence-corrected chi connectivity index (χ2v) is 9.02. The third-order valence-electron chi connectivity index (χ3n) is 6.82. The number of ether oxygens (including phenoxy) is 2. The number of hydrogen-bond donors (Lipinski definition) is 0. The van der Waals surface area contributed by atoms with Crippen molar-refractivity contribution in [1.82, 2.24) is 0 Å². The van der Waals surface area contributed by atoms with Gasteiger partial charge in [-0.15, -0.1) is 13.2 Å². The minimum atomic E-state index is -5.29. The van der Waals surface area contributed by atoms with Crippen LogP contribution >= 0.6 is 0 Å². The van der Waals surface area contributed by atoms with Gasteiger partial charge in [0.15, 0.2) is 0 Å². The highest BCUT2D eigenvalue weighted by Crippen LogP contribution is 2.48. The molecule has 2 nitrogen and oxygen atoms in total. The summed E-state index contributed by atoms with van der Waals surface area (Å²) in [6.45, 7) is 0. The van der Waals surface area contributed by atoms with Crippen LogP contribution < -0.4 is 0 Å². The molecule has 0 spiro atoms. The maximum atomic E-state index is 14.7. The lowest BCUT2D eigenvalue weighted by Gasteiger charge is -2.43. The number of hydrogen-bond acceptors (Lipinski definition) is 2. The lowest BCUT2D eigenvalue weighted by molar-refractivity contribution is -0.366. The van der Waals surface area contributed by atoms with Crippen LogP contribution in [0.25, 0.3) is 0 Å². The van der Waals surface area contributed by atoms with Crippen molar-refractivity contribution in [3.63, 3.8) is 0 Å². The zero-order valence-corrected chi connectivity index (χ0v) is 16.8. The molecule has 0 aromatic rings. The molecule has 0 heterocycles. The van der Waals surface area contributed by atoms with E-state index in [4.69, 9.17) is 0 Å². The third kappa shape index (κ3) is 6.21. The van der Waals surface area contributed by atoms with Gasteiger partial charge in [0.25, 0.3) is 0 Å². The van der Waals surface area contributed by atoms with Crippen molar-refractivity contribution in [2.75, 3.05) is 0 Å². The van der Waals surface area contributed by atoms with Crippen molar-refractivity contribution < 1.29 is 49.0 Å². The van der Waals surface area contributed by atoms with Crippen LogP contribution in [0.15, 0.2) is 0 Å². The molecule has 0 saturated heterocycles. The molecule has 0 N–H and O–H groups in total. The predicted octanol–water partition coefficient (Wildman–Crippen LogP) is 6.62. The van der Waals surface area contributed by atoms with Gasteiger partial charge in [0.1, 0.15) is 36.7 Å². The van der Waals surface area contributed by atoms with Gasteiger partial charge in [-0.05, 0) is 24.7 Å². The Morgan fingerprint density at radius 1 is 0.581 bits per heavy atom. The summed E-state index contributed by atoms with van der Waals surface area (Å²) >= 11 is 0. The van der Waals surface area contributed by atoms with Crippen LogP contribution in [-0.4, -0.2) is 49.4 Å². The lowest BCUT2D eigenvalue weighted by Crippen LogP contribution is -2.53. The molecule has 3 aliphatic carbocycles. The average molecular weight is 470 g/mol. The van der Waals surface area contributed by atoms with Crippen LogP contribution in [0.4, 0.5) is 39.5 Å². The minimum Gasteiger partial charge on any atom is -0.317 e. The van der Waals surface area contributed by atoms with Crippen molar-refractivity contribution in [2.45, 2.75) is 107 Å². The number of rotatable bonds is 5. The Bertz CT molecular complexity index is 557. The minimum absolute atomic E-state index is 0.0873. The van der Waals surface area contributed by atoms with Gasteiger partial charge in [0, 0.05) is 12.8 Å². The van der Waals surface area contributed by atoms with Gasteiger partial charge >= 0.3 is 12.5 Å². The molecular formula is C20H27F9O2. The zero-order chi connectivity index (χ0) is 23.0. The first-order valence-electron chi connectivity index (χ1n) is 10.7. The highest BCUT2D eigenvalue weighted by Gasteiger charge is 2.57. The second-order valence-electron chi connectivity index (χ2n) is 9.02. The Morgan fingerprint density at radius 3 is 1.58 bits per heavy atom. The fraction of sp³-hybridized carbons (Fsp3) is 1.00. The predicted molar refractivity (Wildman–Crippen MR) is 92.4 cm³/mol. The van der Waals surface area contributed by atoms with E-state index in [2.05, 4.69) is 9.47 Å². The molecule has 4 unspecified atom stereocenters. The van der Waals surface area contributed by atoms with Gasteiger partial charge in [0.2, 0.25) is 0 Å². The summed E-state index contributed by atoms with van der Waals surface area (Å²) < 4.78 is 131. The van der Waals surface area contributed by atoms with Crippen LogP contribution in [0.5, 0.6) is 0 Å². The fourth-order valence-corrected chi connectivity index (χ4v) is 5.40. The Balaban J connectivity index is 1.60. The second kappa shape index (κ2) is 9.65. The molecule has 0 amide bonds. The van der Waals surface area contributed by atoms with E-state index >= 15 is 0 Å². The Kier molecular flexibility index (Phi) is 7.76. The molecule has 3 saturated carbocycles. The Morgan fingerprint density at radius 2 is 1.10 bits per heavy atom. The largest absolute Gasteiger partial charge is 0.522 e. The summed E-state index contributed by atoms with van der Waals surface area (Å²) in [6.07, 6.45) is -21.4. The van der Waals surface area contributed by atoms with Crippen molar-refractivity contribution in [3.8, 4) is 0 Å². The van der Waals surface area contributed by atoms with Gasteiger partial charge in [-0.3, -0.25) is 4.74 Å². The molecule has 0 aromatic carbocycles. The first-order valence-corrected chi connectivity index (χ1v) is 10.7. The quantitative estimate of drug-likeness (QED) is 0.421. The van der Waals surface area contributed by atoms with Crippen LogP contribution in [-0.2, 0) is 9.47 Å². The molecule has 31 heavy (non-hydrogen) atoms. The van der Waals surface area contributed by atoms with E-state index in [1.807, 2.05) is 0 Å². The maximum Gasteiger partial charge on any atom is 0.522 e. The van der Waals surface area contributed by atoms with Crippen LogP contribution in [0.2, 0.25) is 0 Å². The molecule has 182 valence electrons. The topological polar surface area (TPSA) is 18.5 Å². The first kappa shape index (κ1) is 24.9. The molecule has 0 bridgehead atoms. The summed E-state index contributed by atoms with van der Waals surface area (Å²) in [5, 5.41) is 0. The molecule has 3 aliphatic rings. The average Bonchev–Trinajstić information content (AvgIpc) is 2.63. The van der Waals surface area contributed by atoms with E-state index in [0.717, 1.165) is 32.1 Å². The third-order valence-corrected chi connectivity index (χ3v) is 6.82. The van der Waals surface area contributed by atoms with E-state index in [1.54, 1.807) is 0 Å². The van der Waals surface area contributed by atoms with Crippen molar-refractivity contribution in [3.05, 3.63) is 0 Å². The molecule has 0 aromatic heterocycles. The van der Waals surface area contributed by atoms with E-state index < -0.39 is 68.1 Å². The van der Waals surface area contributed by atoms with Crippen molar-refractivity contribution in [1.29, 1.82) is 0 Å². The zero-order valence-electron chi connectivity index (χ0n) is 16.8. The lowest BCUT2D eigenvalue weighted by atomic mass is 9.69. The highest BCUT2D eigenvalue weighted by atomic mass is 19.4. The molecule has 11 heteroatoms. The summed E-state index contributed by atoms with van der Waals surface area (Å²) in [4.78, 5) is 0. The fourth-order valence-electron chi connectivity index (χ4n) is 5.40. The Hall–Kier alpha value is -0.710. The van der Waals surface area contributed by atoms with Gasteiger partial charge in [-0.25, -0.2) is 17.6 Å². The van der Waals surface area contributed by atoms with Gasteiger partial charge in [-0.1, -0.05) is 32.1 Å². The molecular weight excluding hydrogens is 443 g/mol. The molecule has 0 radical (unpaired) electrons. The molecule has 4 atom stereocenters. The normalized spacial score (nSPS) is 41.3. The first-order chi connectivity index (χ1) is 14.4. The van der Waals surface area contributed by atoms with Gasteiger partial charge in [-0.2, -0.15) is 8.78 Å². The molecule has 0 aliphatic heterocycles. The highest BCUT2D eigenvalue weighted by molar-refractivity contribution is 4.95. The van der Waals surface area contributed by atoms with Crippen molar-refractivity contribution in [2.24, 2.45) is 17.8 Å².